The minimum absolute atomic E-state index is 0.0955. The number of anilines is 2. The van der Waals surface area contributed by atoms with Gasteiger partial charge in [0.05, 0.1) is 0 Å². The number of hydrogen-bond donors (Lipinski definition) is 0. The first kappa shape index (κ1) is 13.5. The van der Waals surface area contributed by atoms with E-state index >= 15 is 0 Å². The average molecular weight is 284 g/mol. The van der Waals surface area contributed by atoms with Crippen molar-refractivity contribution in [2.24, 2.45) is 14.1 Å². The zero-order chi connectivity index (χ0) is 15.3. The molecular weight excluding hydrogens is 267 g/mol. The van der Waals surface area contributed by atoms with Crippen molar-refractivity contribution >= 4 is 24.0 Å². The predicted octanol–water partition coefficient (Wildman–Crippen LogP) is -0.635. The molecule has 1 aromatic carbocycles. The Kier molecular flexibility index (Phi) is 2.93. The highest BCUT2D eigenvalue weighted by atomic mass is 16.2. The van der Waals surface area contributed by atoms with Gasteiger partial charge in [-0.05, 0) is 19.6 Å². The van der Waals surface area contributed by atoms with E-state index in [4.69, 9.17) is 0 Å². The molecule has 3 rings (SSSR count). The molecular formula is C14H17BN4O2. The fourth-order valence-electron chi connectivity index (χ4n) is 3.10. The van der Waals surface area contributed by atoms with Gasteiger partial charge in [0.2, 0.25) is 0 Å². The van der Waals surface area contributed by atoms with E-state index in [-0.39, 0.29) is 18.2 Å². The van der Waals surface area contributed by atoms with Crippen molar-refractivity contribution in [2.75, 3.05) is 23.7 Å². The molecule has 1 aliphatic heterocycles. The Labute approximate surface area is 123 Å². The molecule has 0 atom stereocenters. The molecule has 0 unspecified atom stereocenters. The second-order valence-electron chi connectivity index (χ2n) is 5.38. The maximum Gasteiger partial charge on any atom is 0.412 e. The van der Waals surface area contributed by atoms with E-state index in [9.17, 15) is 9.59 Å². The third-order valence-electron chi connectivity index (χ3n) is 4.13. The van der Waals surface area contributed by atoms with Crippen LogP contribution in [0.5, 0.6) is 0 Å². The highest BCUT2D eigenvalue weighted by Crippen LogP contribution is 2.30. The number of benzene rings is 1. The first-order valence-corrected chi connectivity index (χ1v) is 6.75. The lowest BCUT2D eigenvalue weighted by molar-refractivity contribution is 0.691. The molecule has 6 nitrogen and oxygen atoms in total. The number of rotatable bonds is 1. The van der Waals surface area contributed by atoms with Gasteiger partial charge in [-0.15, -0.1) is 0 Å². The van der Waals surface area contributed by atoms with Crippen LogP contribution in [-0.4, -0.2) is 30.2 Å². The molecule has 0 fully saturated rings. The van der Waals surface area contributed by atoms with Crippen LogP contribution in [0.2, 0.25) is 0 Å². The van der Waals surface area contributed by atoms with Crippen LogP contribution < -0.4 is 26.3 Å². The lowest BCUT2D eigenvalue weighted by Gasteiger charge is -2.23. The van der Waals surface area contributed by atoms with Gasteiger partial charge < -0.3 is 9.62 Å². The molecule has 0 bridgehead atoms. The van der Waals surface area contributed by atoms with Crippen molar-refractivity contribution < 1.29 is 0 Å². The molecule has 21 heavy (non-hydrogen) atoms. The largest absolute Gasteiger partial charge is 0.412 e. The molecule has 0 spiro atoms. The van der Waals surface area contributed by atoms with Crippen LogP contribution >= 0.6 is 0 Å². The van der Waals surface area contributed by atoms with Crippen LogP contribution in [0.15, 0.2) is 39.9 Å². The minimum atomic E-state index is -0.312. The fourth-order valence-corrected chi connectivity index (χ4v) is 3.10. The summed E-state index contributed by atoms with van der Waals surface area (Å²) >= 11 is 0. The molecule has 1 aliphatic rings. The van der Waals surface area contributed by atoms with Gasteiger partial charge in [-0.2, -0.15) is 0 Å². The standard InChI is InChI=1S/C14H17BN4O2/c1-16-12-11(13(20)17(2)14(16)21)18(3)15(19(12)4)10-8-6-5-7-9-10/h5-9H,1-4H3. The van der Waals surface area contributed by atoms with Gasteiger partial charge in [-0.25, -0.2) is 4.79 Å². The Morgan fingerprint density at radius 2 is 1.48 bits per heavy atom. The summed E-state index contributed by atoms with van der Waals surface area (Å²) in [6.07, 6.45) is 0. The number of nitrogens with zero attached hydrogens (tertiary/aromatic N) is 4. The van der Waals surface area contributed by atoms with E-state index in [0.717, 1.165) is 10.0 Å². The van der Waals surface area contributed by atoms with Crippen LogP contribution in [0.25, 0.3) is 0 Å². The van der Waals surface area contributed by atoms with Gasteiger partial charge in [0.25, 0.3) is 5.56 Å². The van der Waals surface area contributed by atoms with Crippen molar-refractivity contribution in [1.29, 1.82) is 0 Å². The SMILES string of the molecule is CN1B(c2ccccc2)N(C)c2c1c(=O)n(C)c(=O)n2C. The van der Waals surface area contributed by atoms with Crippen molar-refractivity contribution in [2.45, 2.75) is 0 Å². The maximum atomic E-state index is 12.4. The van der Waals surface area contributed by atoms with Gasteiger partial charge in [-0.1, -0.05) is 30.3 Å². The fraction of sp³-hybridized carbons (Fsp3) is 0.286. The summed E-state index contributed by atoms with van der Waals surface area (Å²) in [5.74, 6) is 0.652. The molecule has 0 N–H and O–H groups in total. The van der Waals surface area contributed by atoms with Gasteiger partial charge in [0.15, 0.2) is 0 Å². The van der Waals surface area contributed by atoms with E-state index in [2.05, 4.69) is 0 Å². The number of fused-ring (bicyclic) bond motifs is 1. The molecule has 1 aromatic heterocycles. The summed E-state index contributed by atoms with van der Waals surface area (Å²) in [6.45, 7) is -0.0955. The van der Waals surface area contributed by atoms with Crippen LogP contribution in [0.4, 0.5) is 11.5 Å². The van der Waals surface area contributed by atoms with Crippen molar-refractivity contribution in [1.82, 2.24) is 9.13 Å². The zero-order valence-electron chi connectivity index (χ0n) is 12.6. The predicted molar refractivity (Wildman–Crippen MR) is 85.6 cm³/mol. The van der Waals surface area contributed by atoms with Crippen molar-refractivity contribution in [3.8, 4) is 0 Å². The lowest BCUT2D eigenvalue weighted by Crippen LogP contribution is -2.54. The Morgan fingerprint density at radius 1 is 0.857 bits per heavy atom. The van der Waals surface area contributed by atoms with E-state index in [1.54, 1.807) is 7.05 Å². The third-order valence-corrected chi connectivity index (χ3v) is 4.13. The Morgan fingerprint density at radius 3 is 2.10 bits per heavy atom. The Balaban J connectivity index is 2.27. The smallest absolute Gasteiger partial charge is 0.387 e. The van der Waals surface area contributed by atoms with Crippen LogP contribution in [0.3, 0.4) is 0 Å². The monoisotopic (exact) mass is 284 g/mol. The molecule has 0 saturated heterocycles. The third kappa shape index (κ3) is 1.73. The second-order valence-corrected chi connectivity index (χ2v) is 5.38. The molecule has 0 amide bonds. The van der Waals surface area contributed by atoms with Gasteiger partial charge in [0.1, 0.15) is 11.5 Å². The number of aromatic nitrogens is 2. The maximum absolute atomic E-state index is 12.4. The lowest BCUT2D eigenvalue weighted by atomic mass is 9.66. The Hall–Kier alpha value is -2.44. The summed E-state index contributed by atoms with van der Waals surface area (Å²) < 4.78 is 2.67. The number of hydrogen-bond acceptors (Lipinski definition) is 4. The van der Waals surface area contributed by atoms with Crippen molar-refractivity contribution in [3.05, 3.63) is 51.2 Å². The van der Waals surface area contributed by atoms with Gasteiger partial charge >= 0.3 is 12.7 Å². The topological polar surface area (TPSA) is 50.5 Å². The average Bonchev–Trinajstić information content (AvgIpc) is 2.75. The van der Waals surface area contributed by atoms with Crippen LogP contribution in [0, 0.1) is 0 Å². The molecule has 108 valence electrons. The normalized spacial score (nSPS) is 13.8. The van der Waals surface area contributed by atoms with Gasteiger partial charge in [0, 0.05) is 14.1 Å². The quantitative estimate of drug-likeness (QED) is 0.654. The van der Waals surface area contributed by atoms with E-state index < -0.39 is 0 Å². The van der Waals surface area contributed by atoms with Crippen LogP contribution in [-0.2, 0) is 14.1 Å². The first-order valence-electron chi connectivity index (χ1n) is 6.75. The first-order chi connectivity index (χ1) is 9.95. The Bertz CT molecular complexity index is 812. The summed E-state index contributed by atoms with van der Waals surface area (Å²) in [6, 6.07) is 9.94. The summed E-state index contributed by atoms with van der Waals surface area (Å²) in [5, 5.41) is 0. The second kappa shape index (κ2) is 4.54. The summed E-state index contributed by atoms with van der Waals surface area (Å²) in [7, 11) is 6.98. The summed E-state index contributed by atoms with van der Waals surface area (Å²) in [5.41, 5.74) is 1.05. The molecule has 7 heteroatoms. The molecule has 0 saturated carbocycles. The van der Waals surface area contributed by atoms with E-state index in [0.29, 0.717) is 11.5 Å². The van der Waals surface area contributed by atoms with Gasteiger partial charge in [-0.3, -0.25) is 13.9 Å². The zero-order valence-corrected chi connectivity index (χ0v) is 12.6. The van der Waals surface area contributed by atoms with Crippen LogP contribution in [0.1, 0.15) is 0 Å². The van der Waals surface area contributed by atoms with E-state index in [1.807, 2.05) is 54.0 Å². The van der Waals surface area contributed by atoms with Crippen molar-refractivity contribution in [3.63, 3.8) is 0 Å². The highest BCUT2D eigenvalue weighted by Gasteiger charge is 2.41. The molecule has 2 heterocycles. The molecule has 0 radical (unpaired) electrons. The molecule has 0 aliphatic carbocycles. The molecule has 2 aromatic rings. The minimum Gasteiger partial charge on any atom is -0.387 e. The summed E-state index contributed by atoms with van der Waals surface area (Å²) in [4.78, 5) is 28.5. The van der Waals surface area contributed by atoms with E-state index in [1.165, 1.54) is 11.6 Å². The highest BCUT2D eigenvalue weighted by molar-refractivity contribution is 6.81.